The Morgan fingerprint density at radius 3 is 2.47 bits per heavy atom. The van der Waals surface area contributed by atoms with Crippen molar-refractivity contribution in [2.24, 2.45) is 0 Å². The van der Waals surface area contributed by atoms with E-state index in [-0.39, 0.29) is 0 Å². The van der Waals surface area contributed by atoms with Gasteiger partial charge in [0, 0.05) is 24.8 Å². The average molecular weight is 246 g/mol. The summed E-state index contributed by atoms with van der Waals surface area (Å²) in [6, 6.07) is 8.46. The first kappa shape index (κ1) is 10.5. The van der Waals surface area contributed by atoms with E-state index in [1.807, 2.05) is 6.92 Å². The molecular formula is C13H12ClN3. The fourth-order valence-corrected chi connectivity index (χ4v) is 2.34. The highest BCUT2D eigenvalue weighted by Crippen LogP contribution is 2.28. The number of aromatic nitrogens is 2. The summed E-state index contributed by atoms with van der Waals surface area (Å²) in [5.74, 6) is 0.932. The molecule has 0 aliphatic carbocycles. The number of rotatable bonds is 1. The molecule has 0 bridgehead atoms. The minimum Gasteiger partial charge on any atom is -0.348 e. The lowest BCUT2D eigenvalue weighted by atomic mass is 10.1. The zero-order chi connectivity index (χ0) is 11.8. The van der Waals surface area contributed by atoms with Crippen molar-refractivity contribution in [3.05, 3.63) is 52.4 Å². The van der Waals surface area contributed by atoms with E-state index in [2.05, 4.69) is 39.1 Å². The van der Waals surface area contributed by atoms with Gasteiger partial charge in [-0.05, 0) is 29.7 Å². The fourth-order valence-electron chi connectivity index (χ4n) is 2.22. The Hall–Kier alpha value is -1.61. The maximum absolute atomic E-state index is 5.86. The number of nitrogens with zero attached hydrogens (tertiary/aromatic N) is 3. The molecule has 3 rings (SSSR count). The van der Waals surface area contributed by atoms with Crippen molar-refractivity contribution in [1.82, 2.24) is 9.97 Å². The summed E-state index contributed by atoms with van der Waals surface area (Å²) in [5, 5.41) is 0.307. The molecule has 0 unspecified atom stereocenters. The molecule has 0 radical (unpaired) electrons. The van der Waals surface area contributed by atoms with Crippen molar-refractivity contribution in [2.75, 3.05) is 4.90 Å². The number of hydrogen-bond acceptors (Lipinski definition) is 3. The van der Waals surface area contributed by atoms with Gasteiger partial charge in [-0.3, -0.25) is 0 Å². The summed E-state index contributed by atoms with van der Waals surface area (Å²) in [6.07, 6.45) is 1.77. The molecule has 4 heteroatoms. The number of benzene rings is 1. The van der Waals surface area contributed by atoms with Crippen LogP contribution < -0.4 is 4.90 Å². The van der Waals surface area contributed by atoms with Gasteiger partial charge in [0.2, 0.25) is 5.28 Å². The molecule has 0 saturated carbocycles. The third-order valence-electron chi connectivity index (χ3n) is 3.06. The van der Waals surface area contributed by atoms with Gasteiger partial charge in [0.05, 0.1) is 0 Å². The molecule has 2 aromatic rings. The second-order valence-electron chi connectivity index (χ2n) is 4.27. The molecule has 17 heavy (non-hydrogen) atoms. The van der Waals surface area contributed by atoms with E-state index in [9.17, 15) is 0 Å². The Morgan fingerprint density at radius 2 is 1.82 bits per heavy atom. The van der Waals surface area contributed by atoms with Crippen molar-refractivity contribution < 1.29 is 0 Å². The van der Waals surface area contributed by atoms with Crippen LogP contribution in [-0.2, 0) is 13.1 Å². The molecule has 86 valence electrons. The highest BCUT2D eigenvalue weighted by atomic mass is 35.5. The summed E-state index contributed by atoms with van der Waals surface area (Å²) >= 11 is 5.86. The highest BCUT2D eigenvalue weighted by Gasteiger charge is 2.21. The zero-order valence-electron chi connectivity index (χ0n) is 9.52. The van der Waals surface area contributed by atoms with Crippen LogP contribution in [0.1, 0.15) is 16.7 Å². The summed E-state index contributed by atoms with van der Waals surface area (Å²) in [6.45, 7) is 3.79. The monoisotopic (exact) mass is 245 g/mol. The van der Waals surface area contributed by atoms with Gasteiger partial charge in [0.25, 0.3) is 0 Å². The Morgan fingerprint density at radius 1 is 1.18 bits per heavy atom. The number of anilines is 1. The molecular weight excluding hydrogens is 234 g/mol. The van der Waals surface area contributed by atoms with Crippen LogP contribution in [-0.4, -0.2) is 9.97 Å². The minimum atomic E-state index is 0.307. The van der Waals surface area contributed by atoms with Gasteiger partial charge in [0.15, 0.2) is 0 Å². The van der Waals surface area contributed by atoms with Crippen molar-refractivity contribution in [2.45, 2.75) is 20.0 Å². The first-order valence-electron chi connectivity index (χ1n) is 5.55. The zero-order valence-corrected chi connectivity index (χ0v) is 10.3. The molecule has 1 aliphatic rings. The van der Waals surface area contributed by atoms with Crippen LogP contribution in [0.2, 0.25) is 5.28 Å². The van der Waals surface area contributed by atoms with E-state index in [0.717, 1.165) is 24.5 Å². The van der Waals surface area contributed by atoms with Crippen molar-refractivity contribution in [1.29, 1.82) is 0 Å². The second-order valence-corrected chi connectivity index (χ2v) is 4.61. The Balaban J connectivity index is 1.96. The van der Waals surface area contributed by atoms with Gasteiger partial charge < -0.3 is 4.90 Å². The molecule has 0 amide bonds. The maximum Gasteiger partial charge on any atom is 0.224 e. The molecule has 0 N–H and O–H groups in total. The third-order valence-corrected chi connectivity index (χ3v) is 3.24. The summed E-state index contributed by atoms with van der Waals surface area (Å²) < 4.78 is 0. The molecule has 0 fully saturated rings. The van der Waals surface area contributed by atoms with Gasteiger partial charge in [-0.15, -0.1) is 0 Å². The predicted octanol–water partition coefficient (Wildman–Crippen LogP) is 2.96. The lowest BCUT2D eigenvalue weighted by Crippen LogP contribution is -2.17. The van der Waals surface area contributed by atoms with Crippen LogP contribution in [0.25, 0.3) is 0 Å². The van der Waals surface area contributed by atoms with Gasteiger partial charge in [-0.25, -0.2) is 9.97 Å². The normalized spacial score (nSPS) is 13.9. The number of aryl methyl sites for hydroxylation is 1. The van der Waals surface area contributed by atoms with Crippen LogP contribution in [0.3, 0.4) is 0 Å². The van der Waals surface area contributed by atoms with E-state index in [0.29, 0.717) is 5.28 Å². The fraction of sp³-hybridized carbons (Fsp3) is 0.231. The molecule has 1 aromatic carbocycles. The first-order valence-corrected chi connectivity index (χ1v) is 5.93. The quantitative estimate of drug-likeness (QED) is 0.724. The number of halogens is 1. The molecule has 0 saturated heterocycles. The lowest BCUT2D eigenvalue weighted by molar-refractivity contribution is 0.843. The van der Waals surface area contributed by atoms with Gasteiger partial charge in [-0.2, -0.15) is 0 Å². The van der Waals surface area contributed by atoms with Gasteiger partial charge in [0.1, 0.15) is 5.82 Å². The average Bonchev–Trinajstić information content (AvgIpc) is 2.75. The molecule has 3 nitrogen and oxygen atoms in total. The minimum absolute atomic E-state index is 0.307. The Kier molecular flexibility index (Phi) is 2.48. The third kappa shape index (κ3) is 1.87. The van der Waals surface area contributed by atoms with E-state index in [1.54, 1.807) is 6.20 Å². The molecule has 0 spiro atoms. The van der Waals surface area contributed by atoms with E-state index in [4.69, 9.17) is 11.6 Å². The maximum atomic E-state index is 5.86. The summed E-state index contributed by atoms with van der Waals surface area (Å²) in [7, 11) is 0. The van der Waals surface area contributed by atoms with Crippen molar-refractivity contribution in [3.63, 3.8) is 0 Å². The van der Waals surface area contributed by atoms with Crippen molar-refractivity contribution >= 4 is 17.4 Å². The molecule has 0 atom stereocenters. The van der Waals surface area contributed by atoms with Crippen LogP contribution in [0.5, 0.6) is 0 Å². The van der Waals surface area contributed by atoms with Crippen LogP contribution in [0.4, 0.5) is 5.82 Å². The Labute approximate surface area is 105 Å². The topological polar surface area (TPSA) is 29.0 Å². The van der Waals surface area contributed by atoms with E-state index < -0.39 is 0 Å². The summed E-state index contributed by atoms with van der Waals surface area (Å²) in [4.78, 5) is 10.5. The second kappa shape index (κ2) is 4.00. The van der Waals surface area contributed by atoms with Crippen LogP contribution in [0.15, 0.2) is 30.5 Å². The first-order chi connectivity index (χ1) is 8.24. The molecule has 1 aliphatic heterocycles. The smallest absolute Gasteiger partial charge is 0.224 e. The molecule has 2 heterocycles. The predicted molar refractivity (Wildman–Crippen MR) is 68.1 cm³/mol. The van der Waals surface area contributed by atoms with E-state index in [1.165, 1.54) is 11.1 Å². The standard InChI is InChI=1S/C13H12ClN3/c1-9-6-15-13(14)16-12(9)17-7-10-4-2-3-5-11(10)8-17/h2-6H,7-8H2,1H3. The van der Waals surface area contributed by atoms with Gasteiger partial charge >= 0.3 is 0 Å². The van der Waals surface area contributed by atoms with Crippen molar-refractivity contribution in [3.8, 4) is 0 Å². The summed E-state index contributed by atoms with van der Waals surface area (Å²) in [5.41, 5.74) is 3.78. The SMILES string of the molecule is Cc1cnc(Cl)nc1N1Cc2ccccc2C1. The lowest BCUT2D eigenvalue weighted by Gasteiger charge is -2.18. The largest absolute Gasteiger partial charge is 0.348 e. The molecule has 1 aromatic heterocycles. The van der Waals surface area contributed by atoms with Gasteiger partial charge in [-0.1, -0.05) is 24.3 Å². The highest BCUT2D eigenvalue weighted by molar-refractivity contribution is 6.28. The Bertz CT molecular complexity index is 543. The van der Waals surface area contributed by atoms with Crippen LogP contribution in [0, 0.1) is 6.92 Å². The van der Waals surface area contributed by atoms with E-state index >= 15 is 0 Å². The van der Waals surface area contributed by atoms with Crippen LogP contribution >= 0.6 is 11.6 Å². The number of hydrogen-bond donors (Lipinski definition) is 0. The number of fused-ring (bicyclic) bond motifs is 1.